The molecule has 3 aliphatic rings. The van der Waals surface area contributed by atoms with Crippen molar-refractivity contribution in [2.45, 2.75) is 44.4 Å². The molecule has 38 heavy (non-hydrogen) atoms. The number of aromatic nitrogens is 4. The van der Waals surface area contributed by atoms with Gasteiger partial charge in [-0.1, -0.05) is 11.3 Å². The molecule has 1 aliphatic carbocycles. The van der Waals surface area contributed by atoms with Crippen molar-refractivity contribution in [3.8, 4) is 16.9 Å². The lowest BCUT2D eigenvalue weighted by Gasteiger charge is -2.35. The van der Waals surface area contributed by atoms with E-state index in [9.17, 15) is 8.78 Å². The number of hydrogen-bond acceptors (Lipinski definition) is 5. The summed E-state index contributed by atoms with van der Waals surface area (Å²) in [6.45, 7) is 2.76. The average Bonchev–Trinajstić information content (AvgIpc) is 3.49. The van der Waals surface area contributed by atoms with Crippen LogP contribution in [0.3, 0.4) is 0 Å². The summed E-state index contributed by atoms with van der Waals surface area (Å²) in [6, 6.07) is 14.5. The van der Waals surface area contributed by atoms with Gasteiger partial charge in [0.25, 0.3) is 5.92 Å². The average molecular weight is 626 g/mol. The number of alkyl halides is 2. The van der Waals surface area contributed by atoms with Gasteiger partial charge in [-0.2, -0.15) is 0 Å². The second-order valence-corrected chi connectivity index (χ2v) is 12.3. The van der Waals surface area contributed by atoms with Crippen LogP contribution in [0.2, 0.25) is 0 Å². The first-order chi connectivity index (χ1) is 18.4. The highest BCUT2D eigenvalue weighted by atomic mass is 127. The molecule has 0 amide bonds. The van der Waals surface area contributed by atoms with E-state index in [1.807, 2.05) is 35.4 Å². The van der Waals surface area contributed by atoms with E-state index < -0.39 is 5.92 Å². The molecule has 6 nitrogen and oxygen atoms in total. The molecule has 0 unspecified atom stereocenters. The Kier molecular flexibility index (Phi) is 5.83. The summed E-state index contributed by atoms with van der Waals surface area (Å²) in [4.78, 5) is 9.11. The van der Waals surface area contributed by atoms with Crippen molar-refractivity contribution in [2.24, 2.45) is 5.41 Å². The molecule has 0 atom stereocenters. The largest absolute Gasteiger partial charge is 0.371 e. The minimum atomic E-state index is -2.60. The van der Waals surface area contributed by atoms with Gasteiger partial charge in [0, 0.05) is 65.4 Å². The Hall–Kier alpha value is -2.82. The van der Waals surface area contributed by atoms with E-state index in [4.69, 9.17) is 0 Å². The van der Waals surface area contributed by atoms with Gasteiger partial charge in [0.1, 0.15) is 5.69 Å². The van der Waals surface area contributed by atoms with E-state index in [2.05, 4.69) is 61.0 Å². The van der Waals surface area contributed by atoms with Gasteiger partial charge in [-0.25, -0.2) is 13.5 Å². The zero-order chi connectivity index (χ0) is 25.9. The van der Waals surface area contributed by atoms with Gasteiger partial charge in [0.2, 0.25) is 0 Å². The Morgan fingerprint density at radius 3 is 2.32 bits per heavy atom. The van der Waals surface area contributed by atoms with Crippen molar-refractivity contribution in [1.82, 2.24) is 20.0 Å². The number of piperidine rings is 2. The van der Waals surface area contributed by atoms with Crippen LogP contribution < -0.4 is 9.80 Å². The fourth-order valence-electron chi connectivity index (χ4n) is 6.00. The van der Waals surface area contributed by atoms with E-state index in [1.165, 1.54) is 34.9 Å². The number of hydrogen-bond donors (Lipinski definition) is 0. The molecule has 2 aliphatic heterocycles. The molecule has 0 N–H and O–H groups in total. The molecule has 9 heteroatoms. The predicted molar refractivity (Wildman–Crippen MR) is 154 cm³/mol. The molecule has 0 radical (unpaired) electrons. The molecule has 2 aromatic heterocycles. The van der Waals surface area contributed by atoms with E-state index in [-0.39, 0.29) is 12.8 Å². The SMILES string of the molecule is FC1(F)CCN(c2cc(-n3cc(-c4ccc(I)cc4N4CCC5(CC4)CC5)nn3)cc3cccnc23)CC1. The third-order valence-electron chi connectivity index (χ3n) is 8.62. The molecule has 3 fully saturated rings. The lowest BCUT2D eigenvalue weighted by atomic mass is 9.93. The fraction of sp³-hybridized carbons (Fsp3) is 0.414. The molecular formula is C29H29F2IN6. The maximum Gasteiger partial charge on any atom is 0.251 e. The number of nitrogens with zero attached hydrogens (tertiary/aromatic N) is 6. The number of pyridine rings is 1. The Bertz CT molecular complexity index is 1490. The third-order valence-corrected chi connectivity index (χ3v) is 9.29. The first-order valence-corrected chi connectivity index (χ1v) is 14.5. The maximum atomic E-state index is 13.9. The fourth-order valence-corrected chi connectivity index (χ4v) is 6.48. The summed E-state index contributed by atoms with van der Waals surface area (Å²) in [5.74, 6) is -2.60. The zero-order valence-corrected chi connectivity index (χ0v) is 23.2. The summed E-state index contributed by atoms with van der Waals surface area (Å²) in [7, 11) is 0. The molecular weight excluding hydrogens is 597 g/mol. The molecule has 196 valence electrons. The van der Waals surface area contributed by atoms with Crippen LogP contribution >= 0.6 is 22.6 Å². The lowest BCUT2D eigenvalue weighted by molar-refractivity contribution is -0.0220. The Morgan fingerprint density at radius 1 is 0.816 bits per heavy atom. The number of halogens is 3. The van der Waals surface area contributed by atoms with Gasteiger partial charge in [0.05, 0.1) is 23.1 Å². The van der Waals surface area contributed by atoms with Crippen LogP contribution in [0.4, 0.5) is 20.2 Å². The Balaban J connectivity index is 1.23. The summed E-state index contributed by atoms with van der Waals surface area (Å²) < 4.78 is 30.8. The van der Waals surface area contributed by atoms with Crippen molar-refractivity contribution < 1.29 is 8.78 Å². The van der Waals surface area contributed by atoms with Crippen LogP contribution in [-0.2, 0) is 0 Å². The van der Waals surface area contributed by atoms with E-state index in [1.54, 1.807) is 10.9 Å². The van der Waals surface area contributed by atoms with Crippen LogP contribution in [0, 0.1) is 8.99 Å². The first kappa shape index (κ1) is 24.2. The third kappa shape index (κ3) is 4.52. The number of benzene rings is 2. The summed E-state index contributed by atoms with van der Waals surface area (Å²) in [5, 5.41) is 10.0. The zero-order valence-electron chi connectivity index (χ0n) is 21.1. The highest BCUT2D eigenvalue weighted by Gasteiger charge is 2.44. The van der Waals surface area contributed by atoms with Gasteiger partial charge in [-0.15, -0.1) is 5.10 Å². The topological polar surface area (TPSA) is 50.1 Å². The van der Waals surface area contributed by atoms with Gasteiger partial charge < -0.3 is 9.80 Å². The highest BCUT2D eigenvalue weighted by Crippen LogP contribution is 2.54. The van der Waals surface area contributed by atoms with Gasteiger partial charge in [-0.3, -0.25) is 4.98 Å². The molecule has 1 saturated carbocycles. The number of anilines is 2. The smallest absolute Gasteiger partial charge is 0.251 e. The molecule has 4 heterocycles. The highest BCUT2D eigenvalue weighted by molar-refractivity contribution is 14.1. The lowest BCUT2D eigenvalue weighted by Crippen LogP contribution is -2.39. The second kappa shape index (κ2) is 9.14. The minimum Gasteiger partial charge on any atom is -0.371 e. The summed E-state index contributed by atoms with van der Waals surface area (Å²) >= 11 is 2.38. The van der Waals surface area contributed by atoms with Crippen molar-refractivity contribution in [3.63, 3.8) is 0 Å². The van der Waals surface area contributed by atoms with Crippen LogP contribution in [0.1, 0.15) is 38.5 Å². The molecule has 1 spiro atoms. The van der Waals surface area contributed by atoms with Crippen LogP contribution in [-0.4, -0.2) is 52.1 Å². The maximum absolute atomic E-state index is 13.9. The van der Waals surface area contributed by atoms with Crippen molar-refractivity contribution in [3.05, 3.63) is 58.4 Å². The minimum absolute atomic E-state index is 0.147. The van der Waals surface area contributed by atoms with Gasteiger partial charge in [-0.05, 0) is 90.1 Å². The normalized spacial score (nSPS) is 20.3. The van der Waals surface area contributed by atoms with Crippen molar-refractivity contribution >= 4 is 44.9 Å². The Morgan fingerprint density at radius 2 is 1.55 bits per heavy atom. The standard InChI is InChI=1S/C29H29F2IN6/c30-29(31)9-14-37(15-10-29)26-18-22(16-20-2-1-11-33-27(20)26)38-19-24(34-35-38)23-4-3-21(32)17-25(23)36-12-7-28(5-6-28)8-13-36/h1-4,11,16-19H,5-10,12-15H2. The van der Waals surface area contributed by atoms with Crippen LogP contribution in [0.15, 0.2) is 54.9 Å². The monoisotopic (exact) mass is 626 g/mol. The number of fused-ring (bicyclic) bond motifs is 1. The van der Waals surface area contributed by atoms with E-state index >= 15 is 0 Å². The van der Waals surface area contributed by atoms with Gasteiger partial charge in [0.15, 0.2) is 0 Å². The number of rotatable bonds is 4. The summed E-state index contributed by atoms with van der Waals surface area (Å²) in [5.41, 5.74) is 6.28. The van der Waals surface area contributed by atoms with Crippen LogP contribution in [0.5, 0.6) is 0 Å². The molecule has 4 aromatic rings. The molecule has 2 saturated heterocycles. The summed E-state index contributed by atoms with van der Waals surface area (Å²) in [6.07, 6.45) is 8.74. The van der Waals surface area contributed by atoms with Crippen molar-refractivity contribution in [2.75, 3.05) is 36.0 Å². The molecule has 7 rings (SSSR count). The quantitative estimate of drug-likeness (QED) is 0.236. The predicted octanol–water partition coefficient (Wildman–Crippen LogP) is 6.70. The second-order valence-electron chi connectivity index (χ2n) is 11.1. The Labute approximate surface area is 234 Å². The van der Waals surface area contributed by atoms with Crippen LogP contribution in [0.25, 0.3) is 27.8 Å². The van der Waals surface area contributed by atoms with E-state index in [0.717, 1.165) is 46.6 Å². The molecule has 0 bridgehead atoms. The molecule has 2 aromatic carbocycles. The first-order valence-electron chi connectivity index (χ1n) is 13.4. The van der Waals surface area contributed by atoms with Gasteiger partial charge >= 0.3 is 0 Å². The van der Waals surface area contributed by atoms with E-state index in [0.29, 0.717) is 18.5 Å². The van der Waals surface area contributed by atoms with Crippen molar-refractivity contribution in [1.29, 1.82) is 0 Å².